The van der Waals surface area contributed by atoms with Crippen molar-refractivity contribution in [1.82, 2.24) is 0 Å². The third kappa shape index (κ3) is 7.86. The van der Waals surface area contributed by atoms with Crippen LogP contribution in [0.4, 0.5) is 0 Å². The lowest BCUT2D eigenvalue weighted by Gasteiger charge is -2.07. The second-order valence-electron chi connectivity index (χ2n) is 6.40. The summed E-state index contributed by atoms with van der Waals surface area (Å²) in [6.45, 7) is 2.10. The van der Waals surface area contributed by atoms with Gasteiger partial charge in [-0.15, -0.1) is 0 Å². The highest BCUT2D eigenvalue weighted by molar-refractivity contribution is 7.99. The monoisotopic (exact) mass is 419 g/mol. The molecular weight excluding hydrogens is 394 g/mol. The van der Waals surface area contributed by atoms with Gasteiger partial charge in [-0.2, -0.15) is 8.42 Å². The first kappa shape index (κ1) is 22.2. The van der Waals surface area contributed by atoms with E-state index < -0.39 is 10.1 Å². The van der Waals surface area contributed by atoms with E-state index >= 15 is 0 Å². The number of Topliss-reactive ketones (excluding diaryl/α,β-unsaturated/α-hetero) is 1. The lowest BCUT2D eigenvalue weighted by atomic mass is 10.0. The number of carbonyl (C=O) groups is 1. The molecule has 0 aromatic heterocycles. The maximum absolute atomic E-state index is 12.8. The summed E-state index contributed by atoms with van der Waals surface area (Å²) in [4.78, 5) is 14.9. The van der Waals surface area contributed by atoms with Crippen LogP contribution in [0, 0.1) is 0 Å². The fourth-order valence-corrected chi connectivity index (χ4v) is 3.56. The van der Waals surface area contributed by atoms with Crippen LogP contribution in [0.25, 0.3) is 0 Å². The van der Waals surface area contributed by atoms with Crippen molar-refractivity contribution in [1.29, 1.82) is 0 Å². The van der Waals surface area contributed by atoms with Gasteiger partial charge in [0, 0.05) is 15.4 Å². The Bertz CT molecular complexity index is 892. The standard InChI is InChI=1S/C21H25NO4S2/c1-3-4-5-9-12-20(22-26-28(2,24)25)21(23)17-13-15-19(16-14-17)27-18-10-7-6-8-11-18/h6-8,10-11,13-16H,3-5,9,12H2,1-2H3/b22-20-. The number of oxime groups is 1. The third-order valence-electron chi connectivity index (χ3n) is 3.91. The molecule has 0 fully saturated rings. The molecule has 0 aliphatic rings. The summed E-state index contributed by atoms with van der Waals surface area (Å²) < 4.78 is 27.0. The molecule has 0 atom stereocenters. The van der Waals surface area contributed by atoms with Gasteiger partial charge in [-0.3, -0.25) is 9.08 Å². The van der Waals surface area contributed by atoms with Gasteiger partial charge in [0.05, 0.1) is 6.26 Å². The van der Waals surface area contributed by atoms with Crippen LogP contribution >= 0.6 is 11.8 Å². The molecule has 0 aliphatic carbocycles. The molecule has 7 heteroatoms. The molecule has 0 amide bonds. The van der Waals surface area contributed by atoms with Gasteiger partial charge in [0.25, 0.3) is 0 Å². The lowest BCUT2D eigenvalue weighted by molar-refractivity contribution is 0.106. The minimum atomic E-state index is -3.75. The van der Waals surface area contributed by atoms with Gasteiger partial charge in [-0.25, -0.2) is 0 Å². The molecule has 2 aromatic carbocycles. The fraction of sp³-hybridized carbons (Fsp3) is 0.333. The average molecular weight is 420 g/mol. The fourth-order valence-electron chi connectivity index (χ4n) is 2.50. The number of hydrogen-bond donors (Lipinski definition) is 0. The van der Waals surface area contributed by atoms with E-state index in [1.807, 2.05) is 42.5 Å². The van der Waals surface area contributed by atoms with Gasteiger partial charge in [-0.05, 0) is 49.2 Å². The molecule has 0 spiro atoms. The summed E-state index contributed by atoms with van der Waals surface area (Å²) in [6.07, 6.45) is 5.13. The molecule has 0 bridgehead atoms. The van der Waals surface area contributed by atoms with Crippen LogP contribution in [0.15, 0.2) is 69.5 Å². The van der Waals surface area contributed by atoms with Crippen molar-refractivity contribution in [2.45, 2.75) is 48.8 Å². The third-order valence-corrected chi connectivity index (χ3v) is 5.27. The van der Waals surface area contributed by atoms with Crippen molar-refractivity contribution < 1.29 is 17.5 Å². The Morgan fingerprint density at radius 2 is 1.61 bits per heavy atom. The Kier molecular flexibility index (Phi) is 8.73. The van der Waals surface area contributed by atoms with E-state index in [9.17, 15) is 13.2 Å². The minimum Gasteiger partial charge on any atom is -0.287 e. The zero-order valence-electron chi connectivity index (χ0n) is 16.1. The number of hydrogen-bond acceptors (Lipinski definition) is 6. The zero-order valence-corrected chi connectivity index (χ0v) is 17.8. The van der Waals surface area contributed by atoms with Crippen molar-refractivity contribution in [2.75, 3.05) is 6.26 Å². The summed E-state index contributed by atoms with van der Waals surface area (Å²) in [6, 6.07) is 17.2. The van der Waals surface area contributed by atoms with Crippen LogP contribution in [0.5, 0.6) is 0 Å². The Balaban J connectivity index is 2.11. The molecule has 28 heavy (non-hydrogen) atoms. The normalized spacial score (nSPS) is 12.0. The van der Waals surface area contributed by atoms with Gasteiger partial charge in [-0.1, -0.05) is 61.3 Å². The zero-order chi connectivity index (χ0) is 20.4. The van der Waals surface area contributed by atoms with Gasteiger partial charge >= 0.3 is 10.1 Å². The molecule has 0 unspecified atom stereocenters. The molecule has 0 saturated carbocycles. The van der Waals surface area contributed by atoms with Crippen molar-refractivity contribution >= 4 is 33.4 Å². The van der Waals surface area contributed by atoms with E-state index in [-0.39, 0.29) is 11.5 Å². The maximum atomic E-state index is 12.8. The van der Waals surface area contributed by atoms with Crippen LogP contribution in [0.3, 0.4) is 0 Å². The van der Waals surface area contributed by atoms with E-state index in [1.54, 1.807) is 23.9 Å². The summed E-state index contributed by atoms with van der Waals surface area (Å²) in [5.41, 5.74) is 0.591. The predicted octanol–water partition coefficient (Wildman–Crippen LogP) is 5.32. The van der Waals surface area contributed by atoms with Crippen molar-refractivity contribution in [2.24, 2.45) is 5.16 Å². The first-order valence-electron chi connectivity index (χ1n) is 9.22. The number of carbonyl (C=O) groups excluding carboxylic acids is 1. The highest BCUT2D eigenvalue weighted by Crippen LogP contribution is 2.27. The Morgan fingerprint density at radius 1 is 0.964 bits per heavy atom. The molecule has 2 rings (SSSR count). The molecule has 150 valence electrons. The smallest absolute Gasteiger partial charge is 0.287 e. The molecule has 0 saturated heterocycles. The number of benzene rings is 2. The minimum absolute atomic E-state index is 0.130. The van der Waals surface area contributed by atoms with Gasteiger partial charge in [0.2, 0.25) is 5.78 Å². The van der Waals surface area contributed by atoms with E-state index in [2.05, 4.69) is 16.4 Å². The number of unbranched alkanes of at least 4 members (excludes halogenated alkanes) is 3. The number of nitrogens with zero attached hydrogens (tertiary/aromatic N) is 1. The van der Waals surface area contributed by atoms with Crippen LogP contribution in [-0.2, 0) is 14.4 Å². The van der Waals surface area contributed by atoms with E-state index in [0.717, 1.165) is 41.7 Å². The molecule has 0 radical (unpaired) electrons. The van der Waals surface area contributed by atoms with Crippen molar-refractivity contribution in [3.63, 3.8) is 0 Å². The first-order valence-corrected chi connectivity index (χ1v) is 11.9. The second kappa shape index (κ2) is 11.0. The summed E-state index contributed by atoms with van der Waals surface area (Å²) in [5.74, 6) is -0.309. The number of ketones is 1. The Labute approximate surface area is 171 Å². The van der Waals surface area contributed by atoms with Gasteiger partial charge in [0.1, 0.15) is 5.71 Å². The van der Waals surface area contributed by atoms with E-state index in [4.69, 9.17) is 0 Å². The SMILES string of the molecule is CCCCCC/C(=N/OS(C)(=O)=O)C(=O)c1ccc(Sc2ccccc2)cc1. The van der Waals surface area contributed by atoms with Crippen LogP contribution in [0.1, 0.15) is 49.4 Å². The van der Waals surface area contributed by atoms with E-state index in [0.29, 0.717) is 12.0 Å². The molecule has 0 aliphatic heterocycles. The maximum Gasteiger partial charge on any atom is 0.325 e. The first-order chi connectivity index (χ1) is 13.4. The molecule has 5 nitrogen and oxygen atoms in total. The summed E-state index contributed by atoms with van der Waals surface area (Å²) >= 11 is 1.60. The Hall–Kier alpha value is -2.12. The highest BCUT2D eigenvalue weighted by atomic mass is 32.2. The number of rotatable bonds is 11. The topological polar surface area (TPSA) is 72.8 Å². The molecule has 2 aromatic rings. The van der Waals surface area contributed by atoms with Gasteiger partial charge < -0.3 is 0 Å². The van der Waals surface area contributed by atoms with Crippen LogP contribution < -0.4 is 0 Å². The van der Waals surface area contributed by atoms with Crippen molar-refractivity contribution in [3.8, 4) is 0 Å². The van der Waals surface area contributed by atoms with E-state index in [1.165, 1.54) is 0 Å². The predicted molar refractivity (Wildman–Crippen MR) is 113 cm³/mol. The molecular formula is C21H25NO4S2. The average Bonchev–Trinajstić information content (AvgIpc) is 2.67. The second-order valence-corrected chi connectivity index (χ2v) is 9.10. The summed E-state index contributed by atoms with van der Waals surface area (Å²) in [5, 5.41) is 3.63. The Morgan fingerprint density at radius 3 is 2.21 bits per heavy atom. The quantitative estimate of drug-likeness (QED) is 0.213. The lowest BCUT2D eigenvalue weighted by Crippen LogP contribution is -2.16. The highest BCUT2D eigenvalue weighted by Gasteiger charge is 2.16. The van der Waals surface area contributed by atoms with Crippen LogP contribution in [-0.4, -0.2) is 26.2 Å². The molecule has 0 N–H and O–H groups in total. The largest absolute Gasteiger partial charge is 0.325 e. The van der Waals surface area contributed by atoms with Crippen LogP contribution in [0.2, 0.25) is 0 Å². The summed E-state index contributed by atoms with van der Waals surface area (Å²) in [7, 11) is -3.75. The molecule has 0 heterocycles. The van der Waals surface area contributed by atoms with Gasteiger partial charge in [0.15, 0.2) is 0 Å². The van der Waals surface area contributed by atoms with Crippen molar-refractivity contribution in [3.05, 3.63) is 60.2 Å².